The molecule has 0 radical (unpaired) electrons. The molecule has 1 N–H and O–H groups in total. The first-order valence-corrected chi connectivity index (χ1v) is 5.28. The fraction of sp³-hybridized carbons (Fsp3) is 0.909. The Bertz CT molecular complexity index is 147. The Balaban J connectivity index is 0.000000280. The summed E-state index contributed by atoms with van der Waals surface area (Å²) in [5.41, 5.74) is -0.486. The van der Waals surface area contributed by atoms with Gasteiger partial charge in [0.2, 0.25) is 0 Å². The van der Waals surface area contributed by atoms with Crippen molar-refractivity contribution in [2.75, 3.05) is 6.61 Å². The Morgan fingerprint density at radius 1 is 1.14 bits per heavy atom. The van der Waals surface area contributed by atoms with Gasteiger partial charge in [-0.2, -0.15) is 0 Å². The van der Waals surface area contributed by atoms with E-state index < -0.39 is 18.2 Å². The number of aliphatic hydroxyl groups is 1. The summed E-state index contributed by atoms with van der Waals surface area (Å²) in [6.07, 6.45) is 7.50. The smallest absolute Gasteiger partial charge is 0.332 e. The molecule has 84 valence electrons. The van der Waals surface area contributed by atoms with Crippen molar-refractivity contribution in [1.82, 2.24) is 0 Å². The van der Waals surface area contributed by atoms with Crippen molar-refractivity contribution in [3.63, 3.8) is 0 Å². The maximum absolute atomic E-state index is 10.4. The number of hydrogen-bond donors (Lipinski definition) is 1. The van der Waals surface area contributed by atoms with Crippen LogP contribution in [0, 0.1) is 0 Å². The lowest BCUT2D eigenvalue weighted by molar-refractivity contribution is -0.158. The van der Waals surface area contributed by atoms with Crippen molar-refractivity contribution in [2.24, 2.45) is 0 Å². The van der Waals surface area contributed by atoms with Crippen LogP contribution in [0.4, 0.5) is 0 Å². The predicted octanol–water partition coefficient (Wildman–Crippen LogP) is 2.27. The fourth-order valence-electron chi connectivity index (χ4n) is 1.26. The van der Waals surface area contributed by atoms with Gasteiger partial charge in [0, 0.05) is 0 Å². The van der Waals surface area contributed by atoms with Gasteiger partial charge < -0.3 is 9.84 Å². The van der Waals surface area contributed by atoms with E-state index in [1.54, 1.807) is 20.8 Å². The molecule has 0 aliphatic heterocycles. The molecule has 0 heterocycles. The highest BCUT2D eigenvalue weighted by molar-refractivity contribution is 5.70. The van der Waals surface area contributed by atoms with Crippen molar-refractivity contribution in [2.45, 2.75) is 58.5 Å². The molecule has 3 heteroatoms. The summed E-state index contributed by atoms with van der Waals surface area (Å²) in [7, 11) is 0. The molecule has 1 fully saturated rings. The van der Waals surface area contributed by atoms with Crippen molar-refractivity contribution >= 4 is 5.97 Å². The fourth-order valence-corrected chi connectivity index (χ4v) is 1.26. The molecule has 3 nitrogen and oxygen atoms in total. The Morgan fingerprint density at radius 3 is 1.64 bits per heavy atom. The summed E-state index contributed by atoms with van der Waals surface area (Å²) in [5, 5.41) is 8.22. The van der Waals surface area contributed by atoms with Crippen molar-refractivity contribution in [3.05, 3.63) is 0 Å². The van der Waals surface area contributed by atoms with Gasteiger partial charge in [0.05, 0.1) is 0 Å². The van der Waals surface area contributed by atoms with Crippen molar-refractivity contribution in [1.29, 1.82) is 0 Å². The molecule has 1 saturated carbocycles. The number of rotatable bonds is 1. The third-order valence-corrected chi connectivity index (χ3v) is 1.80. The number of carbonyl (C=O) groups excluding carboxylic acids is 1. The average molecular weight is 202 g/mol. The number of carbonyl (C=O) groups is 1. The zero-order valence-electron chi connectivity index (χ0n) is 9.51. The van der Waals surface area contributed by atoms with Gasteiger partial charge in [-0.3, -0.25) is 0 Å². The van der Waals surface area contributed by atoms with Crippen LogP contribution in [0.25, 0.3) is 0 Å². The molecule has 0 amide bonds. The van der Waals surface area contributed by atoms with Gasteiger partial charge in [-0.1, -0.05) is 32.1 Å². The van der Waals surface area contributed by atoms with Crippen molar-refractivity contribution in [3.8, 4) is 0 Å². The molecule has 1 rings (SSSR count). The van der Waals surface area contributed by atoms with Crippen molar-refractivity contribution < 1.29 is 14.6 Å². The first-order chi connectivity index (χ1) is 6.45. The van der Waals surface area contributed by atoms with E-state index in [4.69, 9.17) is 9.84 Å². The van der Waals surface area contributed by atoms with Crippen LogP contribution in [-0.4, -0.2) is 23.3 Å². The van der Waals surface area contributed by atoms with Crippen LogP contribution in [0.5, 0.6) is 0 Å². The van der Waals surface area contributed by atoms with Gasteiger partial charge in [0.15, 0.2) is 0 Å². The molecule has 0 aromatic rings. The molecule has 0 aromatic carbocycles. The van der Waals surface area contributed by atoms with Gasteiger partial charge in [0.1, 0.15) is 12.2 Å². The molecule has 1 aliphatic carbocycles. The monoisotopic (exact) mass is 202 g/mol. The van der Waals surface area contributed by atoms with Crippen LogP contribution in [0.2, 0.25) is 0 Å². The molecule has 0 spiro atoms. The Kier molecular flexibility index (Phi) is 6.54. The van der Waals surface area contributed by atoms with E-state index in [-0.39, 0.29) is 0 Å². The topological polar surface area (TPSA) is 46.5 Å². The lowest BCUT2D eigenvalue weighted by Gasteiger charge is -2.18. The van der Waals surface area contributed by atoms with Crippen LogP contribution in [-0.2, 0) is 9.53 Å². The second kappa shape index (κ2) is 6.82. The van der Waals surface area contributed by atoms with E-state index in [2.05, 4.69) is 0 Å². The third-order valence-electron chi connectivity index (χ3n) is 1.80. The average Bonchev–Trinajstić information content (AvgIpc) is 2.57. The van der Waals surface area contributed by atoms with E-state index in [9.17, 15) is 4.79 Å². The van der Waals surface area contributed by atoms with Crippen LogP contribution < -0.4 is 0 Å². The maximum atomic E-state index is 10.4. The zero-order chi connectivity index (χ0) is 11.0. The minimum Gasteiger partial charge on any atom is -0.458 e. The maximum Gasteiger partial charge on any atom is 0.332 e. The van der Waals surface area contributed by atoms with E-state index in [1.165, 1.54) is 32.1 Å². The summed E-state index contributed by atoms with van der Waals surface area (Å²) in [4.78, 5) is 10.4. The van der Waals surface area contributed by atoms with Crippen LogP contribution in [0.3, 0.4) is 0 Å². The zero-order valence-corrected chi connectivity index (χ0v) is 9.51. The van der Waals surface area contributed by atoms with Gasteiger partial charge in [0.25, 0.3) is 0 Å². The highest BCUT2D eigenvalue weighted by Crippen LogP contribution is 2.15. The Labute approximate surface area is 86.5 Å². The highest BCUT2D eigenvalue weighted by Gasteiger charge is 2.14. The molecular weight excluding hydrogens is 180 g/mol. The lowest BCUT2D eigenvalue weighted by atomic mass is 10.2. The van der Waals surface area contributed by atoms with Crippen LogP contribution in [0.15, 0.2) is 0 Å². The minimum absolute atomic E-state index is 0.486. The summed E-state index contributed by atoms with van der Waals surface area (Å²) in [6.45, 7) is 4.71. The third kappa shape index (κ3) is 9.52. The second-order valence-electron chi connectivity index (χ2n) is 4.51. The summed E-state index contributed by atoms with van der Waals surface area (Å²) < 4.78 is 4.70. The van der Waals surface area contributed by atoms with E-state index in [0.717, 1.165) is 0 Å². The second-order valence-corrected chi connectivity index (χ2v) is 4.51. The normalized spacial score (nSPS) is 15.7. The van der Waals surface area contributed by atoms with Gasteiger partial charge >= 0.3 is 5.97 Å². The van der Waals surface area contributed by atoms with Gasteiger partial charge in [-0.05, 0) is 20.8 Å². The van der Waals surface area contributed by atoms with E-state index in [0.29, 0.717) is 0 Å². The van der Waals surface area contributed by atoms with Crippen LogP contribution >= 0.6 is 0 Å². The number of esters is 1. The van der Waals surface area contributed by atoms with Gasteiger partial charge in [-0.25, -0.2) is 4.79 Å². The number of aliphatic hydroxyl groups excluding tert-OH is 1. The molecule has 1 aliphatic rings. The largest absolute Gasteiger partial charge is 0.458 e. The summed E-state index contributed by atoms with van der Waals surface area (Å²) >= 11 is 0. The standard InChI is InChI=1S/C6H12O3.C5H10/c1-6(2,3)9-5(8)4-7;1-2-4-5-3-1/h7H,4H2,1-3H3;1-5H2. The molecule has 14 heavy (non-hydrogen) atoms. The Hall–Kier alpha value is -0.570. The molecule has 0 atom stereocenters. The first kappa shape index (κ1) is 13.4. The van der Waals surface area contributed by atoms with E-state index >= 15 is 0 Å². The quantitative estimate of drug-likeness (QED) is 0.663. The SMILES string of the molecule is C1CCCC1.CC(C)(C)OC(=O)CO. The Morgan fingerprint density at radius 2 is 1.50 bits per heavy atom. The number of ether oxygens (including phenoxy) is 1. The molecule has 0 aromatic heterocycles. The van der Waals surface area contributed by atoms with Crippen LogP contribution in [0.1, 0.15) is 52.9 Å². The molecule has 0 saturated heterocycles. The molecular formula is C11H22O3. The molecule has 0 bridgehead atoms. The molecule has 0 unspecified atom stereocenters. The number of hydrogen-bond acceptors (Lipinski definition) is 3. The lowest BCUT2D eigenvalue weighted by Crippen LogP contribution is -2.25. The predicted molar refractivity (Wildman–Crippen MR) is 56.0 cm³/mol. The summed E-state index contributed by atoms with van der Waals surface area (Å²) in [5.74, 6) is -0.581. The first-order valence-electron chi connectivity index (χ1n) is 5.28. The highest BCUT2D eigenvalue weighted by atomic mass is 16.6. The minimum atomic E-state index is -0.581. The summed E-state index contributed by atoms with van der Waals surface area (Å²) in [6, 6.07) is 0. The van der Waals surface area contributed by atoms with E-state index in [1.807, 2.05) is 0 Å². The van der Waals surface area contributed by atoms with Gasteiger partial charge in [-0.15, -0.1) is 0 Å².